The molecule has 1 rings (SSSR count). The first-order valence-electron chi connectivity index (χ1n) is 6.93. The summed E-state index contributed by atoms with van der Waals surface area (Å²) in [7, 11) is 0. The van der Waals surface area contributed by atoms with Crippen molar-refractivity contribution in [2.75, 3.05) is 13.2 Å². The first kappa shape index (κ1) is 14.0. The van der Waals surface area contributed by atoms with Gasteiger partial charge in [-0.25, -0.2) is 0 Å². The van der Waals surface area contributed by atoms with E-state index in [2.05, 4.69) is 33.0 Å². The Morgan fingerprint density at radius 3 is 2.19 bits per heavy atom. The maximum atomic E-state index is 5.65. The second-order valence-corrected chi connectivity index (χ2v) is 6.00. The molecule has 0 aliphatic carbocycles. The van der Waals surface area contributed by atoms with Gasteiger partial charge in [0.2, 0.25) is 0 Å². The van der Waals surface area contributed by atoms with Crippen molar-refractivity contribution in [3.63, 3.8) is 0 Å². The Hall–Kier alpha value is -0.0800. The molecule has 0 aromatic carbocycles. The second kappa shape index (κ2) is 7.29. The minimum Gasteiger partial charge on any atom is -0.377 e. The molecule has 1 aliphatic heterocycles. The van der Waals surface area contributed by atoms with Crippen LogP contribution in [0.5, 0.6) is 0 Å². The van der Waals surface area contributed by atoms with Crippen LogP contribution >= 0.6 is 0 Å². The van der Waals surface area contributed by atoms with Crippen LogP contribution in [0.2, 0.25) is 0 Å². The molecule has 1 fully saturated rings. The molecule has 0 spiro atoms. The van der Waals surface area contributed by atoms with Crippen LogP contribution in [-0.4, -0.2) is 25.3 Å². The molecule has 16 heavy (non-hydrogen) atoms. The zero-order valence-electron chi connectivity index (χ0n) is 11.5. The van der Waals surface area contributed by atoms with E-state index >= 15 is 0 Å². The fourth-order valence-electron chi connectivity index (χ4n) is 2.50. The lowest BCUT2D eigenvalue weighted by Crippen LogP contribution is -2.37. The van der Waals surface area contributed by atoms with E-state index in [0.717, 1.165) is 25.0 Å². The highest BCUT2D eigenvalue weighted by Gasteiger charge is 2.18. The van der Waals surface area contributed by atoms with E-state index in [1.54, 1.807) is 0 Å². The molecule has 1 atom stereocenters. The highest BCUT2D eigenvalue weighted by molar-refractivity contribution is 4.74. The molecular formula is C14H29NO. The monoisotopic (exact) mass is 227 g/mol. The number of nitrogens with one attached hydrogen (secondary N) is 1. The van der Waals surface area contributed by atoms with Gasteiger partial charge in [-0.2, -0.15) is 0 Å². The molecule has 0 amide bonds. The number of hydrogen-bond acceptors (Lipinski definition) is 2. The molecule has 0 aromatic rings. The molecule has 0 aromatic heterocycles. The van der Waals surface area contributed by atoms with Crippen LogP contribution in [0.3, 0.4) is 0 Å². The molecule has 0 radical (unpaired) electrons. The second-order valence-electron chi connectivity index (χ2n) is 6.00. The van der Waals surface area contributed by atoms with Gasteiger partial charge in [0.25, 0.3) is 0 Å². The van der Waals surface area contributed by atoms with Crippen molar-refractivity contribution in [3.8, 4) is 0 Å². The van der Waals surface area contributed by atoms with Crippen LogP contribution < -0.4 is 5.32 Å². The van der Waals surface area contributed by atoms with Gasteiger partial charge >= 0.3 is 0 Å². The van der Waals surface area contributed by atoms with Gasteiger partial charge in [0.1, 0.15) is 0 Å². The molecule has 1 unspecified atom stereocenters. The van der Waals surface area contributed by atoms with Crippen LogP contribution in [0.1, 0.15) is 53.4 Å². The molecule has 2 nitrogen and oxygen atoms in total. The predicted octanol–water partition coefficient (Wildman–Crippen LogP) is 3.22. The molecule has 1 N–H and O–H groups in total. The average Bonchev–Trinajstić information content (AvgIpc) is 2.64. The molecule has 1 saturated heterocycles. The molecule has 2 heteroatoms. The summed E-state index contributed by atoms with van der Waals surface area (Å²) in [5.41, 5.74) is 0. The fourth-order valence-corrected chi connectivity index (χ4v) is 2.50. The summed E-state index contributed by atoms with van der Waals surface area (Å²) in [6.07, 6.45) is 5.52. The summed E-state index contributed by atoms with van der Waals surface area (Å²) >= 11 is 0. The third kappa shape index (κ3) is 5.86. The van der Waals surface area contributed by atoms with Crippen molar-refractivity contribution in [3.05, 3.63) is 0 Å². The van der Waals surface area contributed by atoms with Crippen LogP contribution in [0, 0.1) is 11.8 Å². The Morgan fingerprint density at radius 2 is 1.75 bits per heavy atom. The summed E-state index contributed by atoms with van der Waals surface area (Å²) in [6.45, 7) is 11.2. The third-order valence-electron chi connectivity index (χ3n) is 3.17. The van der Waals surface area contributed by atoms with E-state index in [1.165, 1.54) is 25.7 Å². The minimum absolute atomic E-state index is 0.474. The van der Waals surface area contributed by atoms with Crippen molar-refractivity contribution in [1.82, 2.24) is 5.32 Å². The average molecular weight is 227 g/mol. The predicted molar refractivity (Wildman–Crippen MR) is 69.7 cm³/mol. The third-order valence-corrected chi connectivity index (χ3v) is 3.17. The molecule has 1 heterocycles. The quantitative estimate of drug-likeness (QED) is 0.721. The smallest absolute Gasteiger partial charge is 0.0700 e. The standard InChI is InChI=1S/C14H29NO/c1-11(2)8-13(9-12(3)4)15-10-14-6-5-7-16-14/h11-15H,5-10H2,1-4H3. The lowest BCUT2D eigenvalue weighted by Gasteiger charge is -2.24. The Kier molecular flexibility index (Phi) is 6.37. The molecule has 96 valence electrons. The summed E-state index contributed by atoms with van der Waals surface area (Å²) in [5.74, 6) is 1.56. The maximum absolute atomic E-state index is 5.65. The van der Waals surface area contributed by atoms with Gasteiger partial charge < -0.3 is 10.1 Å². The first-order valence-corrected chi connectivity index (χ1v) is 6.93. The molecule has 1 aliphatic rings. The Balaban J connectivity index is 2.24. The maximum Gasteiger partial charge on any atom is 0.0700 e. The number of ether oxygens (including phenoxy) is 1. The van der Waals surface area contributed by atoms with E-state index < -0.39 is 0 Å². The van der Waals surface area contributed by atoms with Gasteiger partial charge in [-0.15, -0.1) is 0 Å². The Bertz CT molecular complexity index is 164. The number of rotatable bonds is 7. The minimum atomic E-state index is 0.474. The molecule has 0 saturated carbocycles. The van der Waals surface area contributed by atoms with E-state index in [1.807, 2.05) is 0 Å². The van der Waals surface area contributed by atoms with Gasteiger partial charge in [0.15, 0.2) is 0 Å². The van der Waals surface area contributed by atoms with Gasteiger partial charge in [-0.3, -0.25) is 0 Å². The fraction of sp³-hybridized carbons (Fsp3) is 1.00. The van der Waals surface area contributed by atoms with Gasteiger partial charge in [0, 0.05) is 19.2 Å². The Morgan fingerprint density at radius 1 is 1.12 bits per heavy atom. The van der Waals surface area contributed by atoms with Gasteiger partial charge in [-0.1, -0.05) is 27.7 Å². The van der Waals surface area contributed by atoms with Crippen LogP contribution in [-0.2, 0) is 4.74 Å². The SMILES string of the molecule is CC(C)CC(CC(C)C)NCC1CCCO1. The highest BCUT2D eigenvalue weighted by Crippen LogP contribution is 2.15. The van der Waals surface area contributed by atoms with E-state index in [0.29, 0.717) is 12.1 Å². The van der Waals surface area contributed by atoms with Crippen LogP contribution in [0.4, 0.5) is 0 Å². The topological polar surface area (TPSA) is 21.3 Å². The van der Waals surface area contributed by atoms with Crippen molar-refractivity contribution < 1.29 is 4.74 Å². The van der Waals surface area contributed by atoms with Crippen molar-refractivity contribution >= 4 is 0 Å². The lowest BCUT2D eigenvalue weighted by atomic mass is 9.95. The van der Waals surface area contributed by atoms with Crippen LogP contribution in [0.15, 0.2) is 0 Å². The lowest BCUT2D eigenvalue weighted by molar-refractivity contribution is 0.105. The van der Waals surface area contributed by atoms with Crippen molar-refractivity contribution in [1.29, 1.82) is 0 Å². The first-order chi connectivity index (χ1) is 7.58. The summed E-state index contributed by atoms with van der Waals surface area (Å²) in [4.78, 5) is 0. The van der Waals surface area contributed by atoms with E-state index in [9.17, 15) is 0 Å². The molecular weight excluding hydrogens is 198 g/mol. The normalized spacial score (nSPS) is 21.6. The van der Waals surface area contributed by atoms with E-state index in [4.69, 9.17) is 4.74 Å². The number of hydrogen-bond donors (Lipinski definition) is 1. The van der Waals surface area contributed by atoms with Crippen molar-refractivity contribution in [2.45, 2.75) is 65.5 Å². The zero-order chi connectivity index (χ0) is 12.0. The zero-order valence-corrected chi connectivity index (χ0v) is 11.5. The van der Waals surface area contributed by atoms with Gasteiger partial charge in [0.05, 0.1) is 6.10 Å². The van der Waals surface area contributed by atoms with Crippen molar-refractivity contribution in [2.24, 2.45) is 11.8 Å². The van der Waals surface area contributed by atoms with E-state index in [-0.39, 0.29) is 0 Å². The molecule has 0 bridgehead atoms. The summed E-state index contributed by atoms with van der Waals surface area (Å²) < 4.78 is 5.65. The van der Waals surface area contributed by atoms with Gasteiger partial charge in [-0.05, 0) is 37.5 Å². The highest BCUT2D eigenvalue weighted by atomic mass is 16.5. The summed E-state index contributed by atoms with van der Waals surface area (Å²) in [5, 5.41) is 3.70. The Labute approximate surface area is 101 Å². The largest absolute Gasteiger partial charge is 0.377 e. The summed E-state index contributed by atoms with van der Waals surface area (Å²) in [6, 6.07) is 0.671. The van der Waals surface area contributed by atoms with Crippen LogP contribution in [0.25, 0.3) is 0 Å².